The van der Waals surface area contributed by atoms with Crippen LogP contribution in [0, 0.1) is 9.49 Å². The second-order valence-corrected chi connectivity index (χ2v) is 5.48. The molecule has 94 valence electrons. The lowest BCUT2D eigenvalue weighted by molar-refractivity contribution is 0.208. The number of anilines is 1. The first kappa shape index (κ1) is 12.9. The van der Waals surface area contributed by atoms with Crippen LogP contribution in [0.1, 0.15) is 12.8 Å². The van der Waals surface area contributed by atoms with Gasteiger partial charge in [-0.3, -0.25) is 0 Å². The highest BCUT2D eigenvalue weighted by Gasteiger charge is 2.21. The van der Waals surface area contributed by atoms with E-state index in [2.05, 4.69) is 32.5 Å². The summed E-state index contributed by atoms with van der Waals surface area (Å²) in [7, 11) is 1.65. The maximum absolute atomic E-state index is 9.24. The van der Waals surface area contributed by atoms with Crippen LogP contribution >= 0.6 is 22.6 Å². The van der Waals surface area contributed by atoms with E-state index in [0.717, 1.165) is 41.1 Å². The van der Waals surface area contributed by atoms with Gasteiger partial charge in [0.1, 0.15) is 11.6 Å². The minimum Gasteiger partial charge on any atom is -0.495 e. The van der Waals surface area contributed by atoms with Gasteiger partial charge in [0, 0.05) is 19.7 Å². The molecule has 2 heterocycles. The summed E-state index contributed by atoms with van der Waals surface area (Å²) in [5.74, 6) is 2.17. The van der Waals surface area contributed by atoms with Crippen molar-refractivity contribution in [3.8, 4) is 5.75 Å². The number of halogens is 1. The van der Waals surface area contributed by atoms with Crippen LogP contribution in [0.3, 0.4) is 0 Å². The Hall–Kier alpha value is -0.560. The van der Waals surface area contributed by atoms with Crippen LogP contribution in [0.4, 0.5) is 5.82 Å². The van der Waals surface area contributed by atoms with Crippen molar-refractivity contribution >= 4 is 28.4 Å². The van der Waals surface area contributed by atoms with Crippen LogP contribution in [0.25, 0.3) is 0 Å². The average Bonchev–Trinajstić information content (AvgIpc) is 2.38. The van der Waals surface area contributed by atoms with E-state index < -0.39 is 0 Å². The van der Waals surface area contributed by atoms with Gasteiger partial charge in [-0.25, -0.2) is 4.98 Å². The smallest absolute Gasteiger partial charge is 0.142 e. The number of hydrogen-bond donors (Lipinski definition) is 1. The van der Waals surface area contributed by atoms with Gasteiger partial charge in [0.15, 0.2) is 0 Å². The van der Waals surface area contributed by atoms with Gasteiger partial charge in [0.05, 0.1) is 16.9 Å². The summed E-state index contributed by atoms with van der Waals surface area (Å²) in [6, 6.07) is 1.99. The van der Waals surface area contributed by atoms with Crippen LogP contribution in [0.15, 0.2) is 12.3 Å². The number of aromatic nitrogens is 1. The maximum Gasteiger partial charge on any atom is 0.142 e. The van der Waals surface area contributed by atoms with E-state index in [-0.39, 0.29) is 6.61 Å². The van der Waals surface area contributed by atoms with E-state index in [9.17, 15) is 5.11 Å². The summed E-state index contributed by atoms with van der Waals surface area (Å²) in [6.07, 6.45) is 3.98. The Labute approximate surface area is 115 Å². The summed E-state index contributed by atoms with van der Waals surface area (Å²) >= 11 is 2.28. The average molecular weight is 348 g/mol. The van der Waals surface area contributed by atoms with Gasteiger partial charge in [-0.05, 0) is 47.4 Å². The minimum absolute atomic E-state index is 0.267. The number of ether oxygens (including phenoxy) is 1. The Balaban J connectivity index is 2.16. The van der Waals surface area contributed by atoms with Gasteiger partial charge in [0.25, 0.3) is 0 Å². The molecule has 0 spiro atoms. The monoisotopic (exact) mass is 348 g/mol. The molecule has 1 fully saturated rings. The molecule has 0 aliphatic carbocycles. The van der Waals surface area contributed by atoms with Crippen molar-refractivity contribution in [1.82, 2.24) is 4.98 Å². The summed E-state index contributed by atoms with van der Waals surface area (Å²) in [5, 5.41) is 9.24. The molecule has 1 atom stereocenters. The lowest BCUT2D eigenvalue weighted by Gasteiger charge is -2.33. The molecule has 0 bridgehead atoms. The van der Waals surface area contributed by atoms with Crippen LogP contribution in [-0.2, 0) is 0 Å². The molecule has 0 saturated carbocycles. The standard InChI is InChI=1S/C12H17IN2O2/c1-17-10-5-11(13)12(14-6-10)15-4-2-3-9(7-15)8-16/h5-6,9,16H,2-4,7-8H2,1H3. The minimum atomic E-state index is 0.267. The van der Waals surface area contributed by atoms with Crippen LogP contribution in [-0.4, -0.2) is 36.9 Å². The first-order chi connectivity index (χ1) is 8.24. The Morgan fingerprint density at radius 3 is 3.12 bits per heavy atom. The van der Waals surface area contributed by atoms with E-state index in [1.807, 2.05) is 6.07 Å². The zero-order valence-electron chi connectivity index (χ0n) is 9.90. The number of nitrogens with zero attached hydrogens (tertiary/aromatic N) is 2. The maximum atomic E-state index is 9.24. The van der Waals surface area contributed by atoms with Gasteiger partial charge in [-0.15, -0.1) is 0 Å². The summed E-state index contributed by atoms with van der Waals surface area (Å²) < 4.78 is 6.25. The molecule has 1 aromatic rings. The summed E-state index contributed by atoms with van der Waals surface area (Å²) in [4.78, 5) is 6.71. The van der Waals surface area contributed by atoms with Crippen molar-refractivity contribution in [2.24, 2.45) is 5.92 Å². The SMILES string of the molecule is COc1cnc(N2CCCC(CO)C2)c(I)c1. The highest BCUT2D eigenvalue weighted by Crippen LogP contribution is 2.27. The molecular formula is C12H17IN2O2. The van der Waals surface area contributed by atoms with E-state index in [1.54, 1.807) is 13.3 Å². The van der Waals surface area contributed by atoms with E-state index >= 15 is 0 Å². The lowest BCUT2D eigenvalue weighted by atomic mass is 9.99. The van der Waals surface area contributed by atoms with E-state index in [4.69, 9.17) is 4.74 Å². The molecule has 1 aliphatic rings. The van der Waals surface area contributed by atoms with Crippen molar-refractivity contribution in [2.45, 2.75) is 12.8 Å². The van der Waals surface area contributed by atoms with Crippen LogP contribution in [0.5, 0.6) is 5.75 Å². The van der Waals surface area contributed by atoms with Crippen molar-refractivity contribution in [3.63, 3.8) is 0 Å². The Kier molecular flexibility index (Phi) is 4.44. The number of hydrogen-bond acceptors (Lipinski definition) is 4. The second kappa shape index (κ2) is 5.86. The first-order valence-corrected chi connectivity index (χ1v) is 6.87. The molecule has 2 rings (SSSR count). The lowest BCUT2D eigenvalue weighted by Crippen LogP contribution is -2.37. The molecule has 1 unspecified atom stereocenters. The summed E-state index contributed by atoms with van der Waals surface area (Å²) in [5.41, 5.74) is 0. The van der Waals surface area contributed by atoms with Crippen molar-refractivity contribution in [1.29, 1.82) is 0 Å². The summed E-state index contributed by atoms with van der Waals surface area (Å²) in [6.45, 7) is 2.18. The fourth-order valence-electron chi connectivity index (χ4n) is 2.16. The fraction of sp³-hybridized carbons (Fsp3) is 0.583. The molecule has 1 aliphatic heterocycles. The second-order valence-electron chi connectivity index (χ2n) is 4.32. The zero-order valence-corrected chi connectivity index (χ0v) is 12.1. The number of aliphatic hydroxyl groups is 1. The molecule has 1 saturated heterocycles. The third-order valence-corrected chi connectivity index (χ3v) is 3.90. The van der Waals surface area contributed by atoms with Gasteiger partial charge in [-0.1, -0.05) is 0 Å². The number of rotatable bonds is 3. The molecule has 1 aromatic heterocycles. The van der Waals surface area contributed by atoms with Gasteiger partial charge in [-0.2, -0.15) is 0 Å². The van der Waals surface area contributed by atoms with Gasteiger partial charge < -0.3 is 14.7 Å². The highest BCUT2D eigenvalue weighted by atomic mass is 127. The van der Waals surface area contributed by atoms with Gasteiger partial charge in [0.2, 0.25) is 0 Å². The van der Waals surface area contributed by atoms with Crippen molar-refractivity contribution < 1.29 is 9.84 Å². The quantitative estimate of drug-likeness (QED) is 0.848. The third-order valence-electron chi connectivity index (χ3n) is 3.11. The predicted molar refractivity (Wildman–Crippen MR) is 75.5 cm³/mol. The van der Waals surface area contributed by atoms with Crippen LogP contribution < -0.4 is 9.64 Å². The number of methoxy groups -OCH3 is 1. The molecule has 1 N–H and O–H groups in total. The Bertz CT molecular complexity index is 387. The molecule has 0 amide bonds. The highest BCUT2D eigenvalue weighted by molar-refractivity contribution is 14.1. The Morgan fingerprint density at radius 1 is 1.65 bits per heavy atom. The number of pyridine rings is 1. The zero-order chi connectivity index (χ0) is 12.3. The van der Waals surface area contributed by atoms with E-state index in [1.165, 1.54) is 0 Å². The largest absolute Gasteiger partial charge is 0.495 e. The third kappa shape index (κ3) is 3.01. The molecule has 17 heavy (non-hydrogen) atoms. The molecule has 5 heteroatoms. The molecule has 4 nitrogen and oxygen atoms in total. The normalized spacial score (nSPS) is 20.4. The number of piperidine rings is 1. The predicted octanol–water partition coefficient (Wildman–Crippen LogP) is 1.90. The van der Waals surface area contributed by atoms with Crippen LogP contribution in [0.2, 0.25) is 0 Å². The number of aliphatic hydroxyl groups excluding tert-OH is 1. The fourth-order valence-corrected chi connectivity index (χ4v) is 2.95. The first-order valence-electron chi connectivity index (χ1n) is 5.80. The topological polar surface area (TPSA) is 45.6 Å². The van der Waals surface area contributed by atoms with Crippen molar-refractivity contribution in [3.05, 3.63) is 15.8 Å². The molecular weight excluding hydrogens is 331 g/mol. The molecule has 0 radical (unpaired) electrons. The van der Waals surface area contributed by atoms with Gasteiger partial charge >= 0.3 is 0 Å². The van der Waals surface area contributed by atoms with E-state index in [0.29, 0.717) is 5.92 Å². The molecule has 0 aromatic carbocycles. The Morgan fingerprint density at radius 2 is 2.47 bits per heavy atom. The van der Waals surface area contributed by atoms with Crippen molar-refractivity contribution in [2.75, 3.05) is 31.7 Å².